The van der Waals surface area contributed by atoms with Crippen LogP contribution in [0.15, 0.2) is 29.2 Å². The van der Waals surface area contributed by atoms with Gasteiger partial charge in [-0.15, -0.1) is 0 Å². The summed E-state index contributed by atoms with van der Waals surface area (Å²) in [6.45, 7) is 2.23. The Labute approximate surface area is 155 Å². The standard InChI is InChI=1S/C18H20N2O5S/c1-24-14-5-3-2-4-13(14)12-15-17(22)20(18(23)26-15)7-6-16(21)19-8-10-25-11-9-19/h2-5,12H,6-11H2,1H3/b15-12+. The van der Waals surface area contributed by atoms with Crippen molar-refractivity contribution in [2.45, 2.75) is 6.42 Å². The zero-order valence-electron chi connectivity index (χ0n) is 14.5. The molecule has 0 radical (unpaired) electrons. The van der Waals surface area contributed by atoms with Crippen molar-refractivity contribution < 1.29 is 23.9 Å². The van der Waals surface area contributed by atoms with Crippen LogP contribution in [0.3, 0.4) is 0 Å². The van der Waals surface area contributed by atoms with Crippen molar-refractivity contribution in [3.8, 4) is 5.75 Å². The van der Waals surface area contributed by atoms with E-state index < -0.39 is 0 Å². The number of morpholine rings is 1. The highest BCUT2D eigenvalue weighted by molar-refractivity contribution is 8.18. The van der Waals surface area contributed by atoms with Crippen LogP contribution in [0, 0.1) is 0 Å². The van der Waals surface area contributed by atoms with Crippen LogP contribution in [-0.2, 0) is 14.3 Å². The van der Waals surface area contributed by atoms with Gasteiger partial charge in [0.1, 0.15) is 5.75 Å². The fraction of sp³-hybridized carbons (Fsp3) is 0.389. The molecule has 0 spiro atoms. The molecule has 0 aliphatic carbocycles. The Kier molecular flexibility index (Phi) is 5.95. The maximum Gasteiger partial charge on any atom is 0.293 e. The quantitative estimate of drug-likeness (QED) is 0.732. The minimum atomic E-state index is -0.374. The summed E-state index contributed by atoms with van der Waals surface area (Å²) in [6, 6.07) is 7.27. The largest absolute Gasteiger partial charge is 0.496 e. The first-order chi connectivity index (χ1) is 12.6. The predicted octanol–water partition coefficient (Wildman–Crippen LogP) is 1.98. The topological polar surface area (TPSA) is 76.2 Å². The summed E-state index contributed by atoms with van der Waals surface area (Å²) in [5.74, 6) is 0.184. The van der Waals surface area contributed by atoms with Gasteiger partial charge in [-0.1, -0.05) is 18.2 Å². The van der Waals surface area contributed by atoms with E-state index in [-0.39, 0.29) is 30.0 Å². The van der Waals surface area contributed by atoms with Crippen molar-refractivity contribution in [2.75, 3.05) is 40.0 Å². The van der Waals surface area contributed by atoms with Crippen molar-refractivity contribution in [1.82, 2.24) is 9.80 Å². The molecule has 2 aliphatic rings. The molecule has 0 atom stereocenters. The molecule has 2 heterocycles. The highest BCUT2D eigenvalue weighted by atomic mass is 32.2. The third-order valence-electron chi connectivity index (χ3n) is 4.21. The fourth-order valence-electron chi connectivity index (χ4n) is 2.80. The van der Waals surface area contributed by atoms with Gasteiger partial charge < -0.3 is 14.4 Å². The Hall–Kier alpha value is -2.32. The average Bonchev–Trinajstić information content (AvgIpc) is 2.94. The number of nitrogens with zero attached hydrogens (tertiary/aromatic N) is 2. The third kappa shape index (κ3) is 4.08. The van der Waals surface area contributed by atoms with E-state index in [0.29, 0.717) is 37.0 Å². The SMILES string of the molecule is COc1ccccc1/C=C1/SC(=O)N(CCC(=O)N2CCOCC2)C1=O. The van der Waals surface area contributed by atoms with Gasteiger partial charge in [0.25, 0.3) is 11.1 Å². The number of rotatable bonds is 5. The normalized spacial score (nSPS) is 19.3. The van der Waals surface area contributed by atoms with Gasteiger partial charge in [0.05, 0.1) is 25.2 Å². The van der Waals surface area contributed by atoms with E-state index >= 15 is 0 Å². The summed E-state index contributed by atoms with van der Waals surface area (Å²) >= 11 is 0.881. The number of benzene rings is 1. The smallest absolute Gasteiger partial charge is 0.293 e. The molecule has 8 heteroatoms. The molecule has 0 unspecified atom stereocenters. The molecule has 3 amide bonds. The number of hydrogen-bond acceptors (Lipinski definition) is 6. The zero-order valence-corrected chi connectivity index (χ0v) is 15.3. The lowest BCUT2D eigenvalue weighted by Gasteiger charge is -2.27. The van der Waals surface area contributed by atoms with E-state index in [1.807, 2.05) is 18.2 Å². The van der Waals surface area contributed by atoms with Gasteiger partial charge in [-0.25, -0.2) is 0 Å². The Bertz CT molecular complexity index is 743. The minimum absolute atomic E-state index is 0.0685. The van der Waals surface area contributed by atoms with Crippen LogP contribution < -0.4 is 4.74 Å². The van der Waals surface area contributed by atoms with Crippen LogP contribution in [0.1, 0.15) is 12.0 Å². The highest BCUT2D eigenvalue weighted by Crippen LogP contribution is 2.34. The number of ether oxygens (including phenoxy) is 2. The molecule has 2 fully saturated rings. The second-order valence-electron chi connectivity index (χ2n) is 5.82. The number of thioether (sulfide) groups is 1. The summed E-state index contributed by atoms with van der Waals surface area (Å²) in [4.78, 5) is 40.1. The number of hydrogen-bond donors (Lipinski definition) is 0. The maximum atomic E-state index is 12.5. The number of para-hydroxylation sites is 1. The molecule has 3 rings (SSSR count). The van der Waals surface area contributed by atoms with Crippen LogP contribution in [0.4, 0.5) is 4.79 Å². The Balaban J connectivity index is 1.65. The molecule has 0 aromatic heterocycles. The first kappa shape index (κ1) is 18.5. The third-order valence-corrected chi connectivity index (χ3v) is 5.12. The van der Waals surface area contributed by atoms with E-state index in [2.05, 4.69) is 0 Å². The summed E-state index contributed by atoms with van der Waals surface area (Å²) in [7, 11) is 1.55. The van der Waals surface area contributed by atoms with Crippen molar-refractivity contribution >= 4 is 34.9 Å². The van der Waals surface area contributed by atoms with Gasteiger partial charge in [-0.3, -0.25) is 19.3 Å². The lowest BCUT2D eigenvalue weighted by atomic mass is 10.2. The molecule has 1 aromatic rings. The van der Waals surface area contributed by atoms with E-state index in [9.17, 15) is 14.4 Å². The predicted molar refractivity (Wildman–Crippen MR) is 97.7 cm³/mol. The van der Waals surface area contributed by atoms with Crippen molar-refractivity contribution in [1.29, 1.82) is 0 Å². The number of carbonyl (C=O) groups excluding carboxylic acids is 3. The second-order valence-corrected chi connectivity index (χ2v) is 6.81. The Morgan fingerprint density at radius 2 is 2.00 bits per heavy atom. The van der Waals surface area contributed by atoms with Crippen molar-refractivity contribution in [3.05, 3.63) is 34.7 Å². The number of methoxy groups -OCH3 is 1. The van der Waals surface area contributed by atoms with Gasteiger partial charge in [-0.05, 0) is 23.9 Å². The molecule has 138 valence electrons. The first-order valence-corrected chi connectivity index (χ1v) is 9.15. The summed E-state index contributed by atoms with van der Waals surface area (Å²) in [5.41, 5.74) is 0.727. The van der Waals surface area contributed by atoms with Crippen molar-refractivity contribution in [3.63, 3.8) is 0 Å². The van der Waals surface area contributed by atoms with E-state index in [1.54, 1.807) is 24.2 Å². The van der Waals surface area contributed by atoms with E-state index in [4.69, 9.17) is 9.47 Å². The molecule has 0 saturated carbocycles. The van der Waals surface area contributed by atoms with Crippen LogP contribution in [0.25, 0.3) is 6.08 Å². The monoisotopic (exact) mass is 376 g/mol. The maximum absolute atomic E-state index is 12.5. The van der Waals surface area contributed by atoms with Gasteiger partial charge in [0.15, 0.2) is 0 Å². The lowest BCUT2D eigenvalue weighted by Crippen LogP contribution is -2.42. The second kappa shape index (κ2) is 8.37. The number of carbonyl (C=O) groups is 3. The highest BCUT2D eigenvalue weighted by Gasteiger charge is 2.35. The van der Waals surface area contributed by atoms with E-state index in [1.165, 1.54) is 0 Å². The number of amides is 3. The average molecular weight is 376 g/mol. The molecule has 2 saturated heterocycles. The van der Waals surface area contributed by atoms with Crippen LogP contribution in [0.2, 0.25) is 0 Å². The van der Waals surface area contributed by atoms with E-state index in [0.717, 1.165) is 22.2 Å². The van der Waals surface area contributed by atoms with Gasteiger partial charge in [0, 0.05) is 31.6 Å². The van der Waals surface area contributed by atoms with Gasteiger partial charge in [0.2, 0.25) is 5.91 Å². The summed E-state index contributed by atoms with van der Waals surface area (Å²) < 4.78 is 10.5. The Morgan fingerprint density at radius 1 is 1.27 bits per heavy atom. The molecular weight excluding hydrogens is 356 g/mol. The van der Waals surface area contributed by atoms with Gasteiger partial charge in [-0.2, -0.15) is 0 Å². The zero-order chi connectivity index (χ0) is 18.5. The molecule has 26 heavy (non-hydrogen) atoms. The van der Waals surface area contributed by atoms with Crippen LogP contribution >= 0.6 is 11.8 Å². The molecular formula is C18H20N2O5S. The van der Waals surface area contributed by atoms with Crippen LogP contribution in [0.5, 0.6) is 5.75 Å². The molecule has 0 bridgehead atoms. The fourth-order valence-corrected chi connectivity index (χ4v) is 3.65. The van der Waals surface area contributed by atoms with Gasteiger partial charge >= 0.3 is 0 Å². The Morgan fingerprint density at radius 3 is 2.73 bits per heavy atom. The number of imide groups is 1. The molecule has 0 N–H and O–H groups in total. The first-order valence-electron chi connectivity index (χ1n) is 8.34. The van der Waals surface area contributed by atoms with Crippen molar-refractivity contribution in [2.24, 2.45) is 0 Å². The van der Waals surface area contributed by atoms with Crippen LogP contribution in [-0.4, -0.2) is 66.8 Å². The minimum Gasteiger partial charge on any atom is -0.496 e. The summed E-state index contributed by atoms with van der Waals surface area (Å²) in [6.07, 6.45) is 1.77. The molecule has 7 nitrogen and oxygen atoms in total. The summed E-state index contributed by atoms with van der Waals surface area (Å²) in [5, 5.41) is -0.356. The lowest BCUT2D eigenvalue weighted by molar-refractivity contribution is -0.135. The molecule has 1 aromatic carbocycles. The molecule has 2 aliphatic heterocycles.